The summed E-state index contributed by atoms with van der Waals surface area (Å²) in [6.07, 6.45) is 1.39. The van der Waals surface area contributed by atoms with Crippen LogP contribution in [0.4, 0.5) is 11.4 Å². The minimum Gasteiger partial charge on any atom is -0.496 e. The van der Waals surface area contributed by atoms with Gasteiger partial charge in [-0.25, -0.2) is 0 Å². The molecule has 0 saturated carbocycles. The molecule has 4 heteroatoms. The van der Waals surface area contributed by atoms with Crippen molar-refractivity contribution in [1.82, 2.24) is 0 Å². The number of para-hydroxylation sites is 1. The first kappa shape index (κ1) is 18.6. The molecule has 1 atom stereocenters. The maximum absolute atomic E-state index is 13.3. The van der Waals surface area contributed by atoms with Crippen molar-refractivity contribution in [3.63, 3.8) is 0 Å². The summed E-state index contributed by atoms with van der Waals surface area (Å²) >= 11 is 0. The molecule has 4 rings (SSSR count). The van der Waals surface area contributed by atoms with Crippen LogP contribution in [0.25, 0.3) is 0 Å². The van der Waals surface area contributed by atoms with E-state index in [1.54, 1.807) is 7.11 Å². The molecule has 0 radical (unpaired) electrons. The maximum Gasteiger partial charge on any atom is 0.163 e. The van der Waals surface area contributed by atoms with E-state index < -0.39 is 0 Å². The number of hydrogen-bond acceptors (Lipinski definition) is 4. The molecular weight excluding hydrogens is 348 g/mol. The fourth-order valence-electron chi connectivity index (χ4n) is 4.35. The van der Waals surface area contributed by atoms with Crippen LogP contribution in [0.2, 0.25) is 0 Å². The van der Waals surface area contributed by atoms with Crippen LogP contribution >= 0.6 is 0 Å². The molecule has 0 saturated heterocycles. The van der Waals surface area contributed by atoms with E-state index >= 15 is 0 Å². The fraction of sp³-hybridized carbons (Fsp3) is 0.375. The van der Waals surface area contributed by atoms with Gasteiger partial charge in [0, 0.05) is 23.3 Å². The zero-order chi connectivity index (χ0) is 20.1. The molecule has 1 aliphatic heterocycles. The molecule has 0 fully saturated rings. The largest absolute Gasteiger partial charge is 0.496 e. The number of ether oxygens (including phenoxy) is 1. The number of carbonyl (C=O) groups is 1. The van der Waals surface area contributed by atoms with E-state index in [1.165, 1.54) is 11.1 Å². The van der Waals surface area contributed by atoms with Crippen LogP contribution < -0.4 is 15.4 Å². The van der Waals surface area contributed by atoms with Crippen molar-refractivity contribution in [1.29, 1.82) is 0 Å². The number of anilines is 2. The molecule has 4 nitrogen and oxygen atoms in total. The molecule has 146 valence electrons. The second-order valence-electron chi connectivity index (χ2n) is 8.76. The molecule has 2 N–H and O–H groups in total. The van der Waals surface area contributed by atoms with E-state index in [4.69, 9.17) is 4.74 Å². The SMILES string of the molecule is COc1ccccc1[C@H]1Nc2cc(C)c(C)cc2NC2=C1C(=O)CC(C)(C)C2. The van der Waals surface area contributed by atoms with Crippen molar-refractivity contribution in [2.75, 3.05) is 17.7 Å². The topological polar surface area (TPSA) is 50.4 Å². The Morgan fingerprint density at radius 3 is 2.43 bits per heavy atom. The van der Waals surface area contributed by atoms with E-state index in [1.807, 2.05) is 24.3 Å². The third-order valence-electron chi connectivity index (χ3n) is 5.88. The first-order chi connectivity index (χ1) is 13.3. The summed E-state index contributed by atoms with van der Waals surface area (Å²) in [5.74, 6) is 0.986. The van der Waals surface area contributed by atoms with Crippen LogP contribution in [0.3, 0.4) is 0 Å². The quantitative estimate of drug-likeness (QED) is 0.723. The van der Waals surface area contributed by atoms with Gasteiger partial charge in [0.1, 0.15) is 5.75 Å². The van der Waals surface area contributed by atoms with Gasteiger partial charge in [-0.2, -0.15) is 0 Å². The number of allylic oxidation sites excluding steroid dienone is 1. The van der Waals surface area contributed by atoms with Crippen molar-refractivity contribution in [3.05, 3.63) is 64.4 Å². The molecule has 2 aromatic carbocycles. The van der Waals surface area contributed by atoms with Crippen LogP contribution in [0.1, 0.15) is 49.4 Å². The molecule has 1 heterocycles. The van der Waals surface area contributed by atoms with E-state index in [0.717, 1.165) is 40.4 Å². The van der Waals surface area contributed by atoms with Gasteiger partial charge in [0.25, 0.3) is 0 Å². The molecule has 0 unspecified atom stereocenters. The Morgan fingerprint density at radius 2 is 1.71 bits per heavy atom. The number of aryl methyl sites for hydroxylation is 2. The number of Topliss-reactive ketones (excluding diaryl/α,β-unsaturated/α-hetero) is 1. The first-order valence-corrected chi connectivity index (χ1v) is 9.83. The summed E-state index contributed by atoms with van der Waals surface area (Å²) in [5, 5.41) is 7.26. The van der Waals surface area contributed by atoms with Crippen LogP contribution in [0, 0.1) is 19.3 Å². The highest BCUT2D eigenvalue weighted by Crippen LogP contribution is 2.47. The van der Waals surface area contributed by atoms with Crippen molar-refractivity contribution < 1.29 is 9.53 Å². The van der Waals surface area contributed by atoms with E-state index in [0.29, 0.717) is 6.42 Å². The Hall–Kier alpha value is -2.75. The summed E-state index contributed by atoms with van der Waals surface area (Å²) in [4.78, 5) is 13.3. The van der Waals surface area contributed by atoms with Gasteiger partial charge in [-0.3, -0.25) is 4.79 Å². The van der Waals surface area contributed by atoms with Crippen molar-refractivity contribution in [3.8, 4) is 5.75 Å². The average Bonchev–Trinajstić information content (AvgIpc) is 2.77. The zero-order valence-electron chi connectivity index (χ0n) is 17.3. The van der Waals surface area contributed by atoms with Gasteiger partial charge in [0.05, 0.1) is 24.5 Å². The maximum atomic E-state index is 13.3. The Bertz CT molecular complexity index is 988. The van der Waals surface area contributed by atoms with Gasteiger partial charge in [-0.15, -0.1) is 0 Å². The molecular formula is C24H28N2O2. The Kier molecular flexibility index (Phi) is 4.45. The van der Waals surface area contributed by atoms with Crippen molar-refractivity contribution in [2.45, 2.75) is 46.6 Å². The smallest absolute Gasteiger partial charge is 0.163 e. The summed E-state index contributed by atoms with van der Waals surface area (Å²) in [6.45, 7) is 8.55. The van der Waals surface area contributed by atoms with E-state index in [2.05, 4.69) is 50.5 Å². The number of nitrogens with one attached hydrogen (secondary N) is 2. The highest BCUT2D eigenvalue weighted by Gasteiger charge is 2.39. The van der Waals surface area contributed by atoms with Crippen LogP contribution in [-0.4, -0.2) is 12.9 Å². The molecule has 2 aliphatic rings. The van der Waals surface area contributed by atoms with Crippen LogP contribution in [-0.2, 0) is 4.79 Å². The van der Waals surface area contributed by atoms with Gasteiger partial charge >= 0.3 is 0 Å². The lowest BCUT2D eigenvalue weighted by Gasteiger charge is -2.34. The highest BCUT2D eigenvalue weighted by molar-refractivity contribution is 6.01. The fourth-order valence-corrected chi connectivity index (χ4v) is 4.35. The number of hydrogen-bond donors (Lipinski definition) is 2. The van der Waals surface area contributed by atoms with E-state index in [-0.39, 0.29) is 17.2 Å². The van der Waals surface area contributed by atoms with Crippen LogP contribution in [0.5, 0.6) is 5.75 Å². The Balaban J connectivity index is 1.94. The molecule has 2 aromatic rings. The van der Waals surface area contributed by atoms with Crippen LogP contribution in [0.15, 0.2) is 47.7 Å². The minimum absolute atomic E-state index is 0.0571. The number of rotatable bonds is 2. The second-order valence-corrected chi connectivity index (χ2v) is 8.76. The summed E-state index contributed by atoms with van der Waals surface area (Å²) in [6, 6.07) is 12.0. The summed E-state index contributed by atoms with van der Waals surface area (Å²) < 4.78 is 5.63. The molecule has 0 spiro atoms. The predicted octanol–water partition coefficient (Wildman–Crippen LogP) is 5.53. The Morgan fingerprint density at radius 1 is 1.04 bits per heavy atom. The molecule has 0 amide bonds. The van der Waals surface area contributed by atoms with Gasteiger partial charge in [-0.1, -0.05) is 32.0 Å². The third-order valence-corrected chi connectivity index (χ3v) is 5.88. The predicted molar refractivity (Wildman–Crippen MR) is 114 cm³/mol. The zero-order valence-corrected chi connectivity index (χ0v) is 17.3. The Labute approximate surface area is 167 Å². The normalized spacial score (nSPS) is 20.5. The number of methoxy groups -OCH3 is 1. The van der Waals surface area contributed by atoms with Gasteiger partial charge in [0.15, 0.2) is 5.78 Å². The highest BCUT2D eigenvalue weighted by atomic mass is 16.5. The lowest BCUT2D eigenvalue weighted by Crippen LogP contribution is -2.31. The van der Waals surface area contributed by atoms with Gasteiger partial charge in [-0.05, 0) is 55.0 Å². The van der Waals surface area contributed by atoms with E-state index in [9.17, 15) is 4.79 Å². The summed E-state index contributed by atoms with van der Waals surface area (Å²) in [5.41, 5.74) is 7.27. The average molecular weight is 377 g/mol. The van der Waals surface area contributed by atoms with Crippen molar-refractivity contribution in [2.24, 2.45) is 5.41 Å². The lowest BCUT2D eigenvalue weighted by atomic mass is 9.73. The van der Waals surface area contributed by atoms with Gasteiger partial charge in [0.2, 0.25) is 0 Å². The molecule has 1 aliphatic carbocycles. The first-order valence-electron chi connectivity index (χ1n) is 9.83. The second kappa shape index (κ2) is 6.69. The monoisotopic (exact) mass is 376 g/mol. The van der Waals surface area contributed by atoms with Gasteiger partial charge < -0.3 is 15.4 Å². The lowest BCUT2D eigenvalue weighted by molar-refractivity contribution is -0.118. The number of fused-ring (bicyclic) bond motifs is 1. The molecule has 0 aromatic heterocycles. The number of carbonyl (C=O) groups excluding carboxylic acids is 1. The summed E-state index contributed by atoms with van der Waals surface area (Å²) in [7, 11) is 1.68. The molecule has 28 heavy (non-hydrogen) atoms. The third kappa shape index (κ3) is 3.17. The minimum atomic E-state index is -0.245. The molecule has 0 bridgehead atoms. The number of ketones is 1. The number of benzene rings is 2. The standard InChI is InChI=1S/C24H28N2O2/c1-14-10-17-18(11-15(14)2)26-23(16-8-6-7-9-21(16)28-5)22-19(25-17)12-24(3,4)13-20(22)27/h6-11,23,25-26H,12-13H2,1-5H3/t23-/m1/s1. The van der Waals surface area contributed by atoms with Crippen molar-refractivity contribution >= 4 is 17.2 Å².